The van der Waals surface area contributed by atoms with Crippen LogP contribution in [0.1, 0.15) is 59.8 Å². The third-order valence-electron chi connectivity index (χ3n) is 5.32. The molecule has 0 aromatic rings. The summed E-state index contributed by atoms with van der Waals surface area (Å²) in [4.78, 5) is 14.9. The SMILES string of the molecule is CC1CC2(CCC1N1CCC[C@H]1C(=O)OC(C)(C)C)OCCO2. The molecule has 2 unspecified atom stereocenters. The molecule has 3 rings (SSSR count). The molecule has 0 bridgehead atoms. The first-order valence-corrected chi connectivity index (χ1v) is 9.06. The van der Waals surface area contributed by atoms with E-state index >= 15 is 0 Å². The lowest BCUT2D eigenvalue weighted by molar-refractivity contribution is -0.196. The number of hydrogen-bond donors (Lipinski definition) is 0. The average Bonchev–Trinajstić information content (AvgIpc) is 3.07. The summed E-state index contributed by atoms with van der Waals surface area (Å²) in [5.41, 5.74) is -0.418. The molecule has 0 N–H and O–H groups in total. The molecule has 1 saturated carbocycles. The molecule has 5 heteroatoms. The van der Waals surface area contributed by atoms with Crippen LogP contribution in [0.3, 0.4) is 0 Å². The number of likely N-dealkylation sites (tertiary alicyclic amines) is 1. The molecule has 132 valence electrons. The zero-order valence-electron chi connectivity index (χ0n) is 15.0. The van der Waals surface area contributed by atoms with Gasteiger partial charge in [0, 0.05) is 18.9 Å². The summed E-state index contributed by atoms with van der Waals surface area (Å²) in [5.74, 6) is 0.0533. The van der Waals surface area contributed by atoms with Crippen LogP contribution in [0.5, 0.6) is 0 Å². The van der Waals surface area contributed by atoms with E-state index < -0.39 is 5.60 Å². The van der Waals surface area contributed by atoms with Gasteiger partial charge in [0.05, 0.1) is 13.2 Å². The van der Waals surface area contributed by atoms with Gasteiger partial charge in [-0.25, -0.2) is 0 Å². The minimum absolute atomic E-state index is 0.0594. The van der Waals surface area contributed by atoms with Crippen LogP contribution in [0.2, 0.25) is 0 Å². The lowest BCUT2D eigenvalue weighted by Gasteiger charge is -2.44. The summed E-state index contributed by atoms with van der Waals surface area (Å²) in [7, 11) is 0. The number of carbonyl (C=O) groups excluding carboxylic acids is 1. The fourth-order valence-corrected chi connectivity index (χ4v) is 4.44. The third kappa shape index (κ3) is 3.72. The zero-order valence-corrected chi connectivity index (χ0v) is 15.0. The predicted octanol–water partition coefficient (Wildman–Crippen LogP) is 2.72. The number of esters is 1. The van der Waals surface area contributed by atoms with Crippen molar-refractivity contribution in [1.29, 1.82) is 0 Å². The van der Waals surface area contributed by atoms with Gasteiger partial charge in [0.25, 0.3) is 0 Å². The van der Waals surface area contributed by atoms with E-state index in [4.69, 9.17) is 14.2 Å². The minimum Gasteiger partial charge on any atom is -0.459 e. The molecule has 3 fully saturated rings. The van der Waals surface area contributed by atoms with Crippen molar-refractivity contribution in [3.05, 3.63) is 0 Å². The van der Waals surface area contributed by atoms with Gasteiger partial charge in [-0.2, -0.15) is 0 Å². The number of rotatable bonds is 2. The standard InChI is InChI=1S/C18H31NO4/c1-13-12-18(21-10-11-22-18)8-7-14(13)19-9-5-6-15(19)16(20)23-17(2,3)4/h13-15H,5-12H2,1-4H3/t13?,14?,15-/m0/s1. The van der Waals surface area contributed by atoms with Crippen molar-refractivity contribution in [1.82, 2.24) is 4.90 Å². The molecular weight excluding hydrogens is 294 g/mol. The van der Waals surface area contributed by atoms with E-state index in [9.17, 15) is 4.79 Å². The summed E-state index contributed by atoms with van der Waals surface area (Å²) in [6.07, 6.45) is 4.87. The van der Waals surface area contributed by atoms with Gasteiger partial charge in [0.1, 0.15) is 11.6 Å². The van der Waals surface area contributed by atoms with Gasteiger partial charge < -0.3 is 14.2 Å². The molecule has 0 amide bonds. The Hall–Kier alpha value is -0.650. The quantitative estimate of drug-likeness (QED) is 0.731. The van der Waals surface area contributed by atoms with Crippen molar-refractivity contribution < 1.29 is 19.0 Å². The van der Waals surface area contributed by atoms with Crippen LogP contribution in [0.15, 0.2) is 0 Å². The van der Waals surface area contributed by atoms with Crippen LogP contribution in [0.4, 0.5) is 0 Å². The Morgan fingerprint density at radius 1 is 1.22 bits per heavy atom. The molecule has 3 atom stereocenters. The highest BCUT2D eigenvalue weighted by Crippen LogP contribution is 2.42. The number of hydrogen-bond acceptors (Lipinski definition) is 5. The molecule has 0 aromatic heterocycles. The van der Waals surface area contributed by atoms with E-state index in [0.717, 1.165) is 38.6 Å². The van der Waals surface area contributed by atoms with Gasteiger partial charge in [0.2, 0.25) is 0 Å². The number of nitrogens with zero attached hydrogens (tertiary/aromatic N) is 1. The van der Waals surface area contributed by atoms with Crippen LogP contribution in [-0.2, 0) is 19.0 Å². The highest BCUT2D eigenvalue weighted by Gasteiger charge is 2.48. The first-order valence-electron chi connectivity index (χ1n) is 9.06. The first kappa shape index (κ1) is 17.2. The molecule has 3 aliphatic rings. The lowest BCUT2D eigenvalue weighted by Crippen LogP contribution is -2.52. The molecule has 2 aliphatic heterocycles. The second-order valence-electron chi connectivity index (χ2n) is 8.32. The highest BCUT2D eigenvalue weighted by atomic mass is 16.7. The third-order valence-corrected chi connectivity index (χ3v) is 5.32. The molecule has 0 aromatic carbocycles. The Bertz CT molecular complexity index is 439. The van der Waals surface area contributed by atoms with Crippen molar-refractivity contribution in [3.63, 3.8) is 0 Å². The predicted molar refractivity (Wildman–Crippen MR) is 87.0 cm³/mol. The van der Waals surface area contributed by atoms with Gasteiger partial charge in [-0.3, -0.25) is 9.69 Å². The Balaban J connectivity index is 1.65. The molecule has 23 heavy (non-hydrogen) atoms. The summed E-state index contributed by atoms with van der Waals surface area (Å²) in [6, 6.07) is 0.342. The Morgan fingerprint density at radius 2 is 1.91 bits per heavy atom. The maximum atomic E-state index is 12.6. The zero-order chi connectivity index (χ0) is 16.7. The minimum atomic E-state index is -0.418. The van der Waals surface area contributed by atoms with Crippen LogP contribution in [-0.4, -0.2) is 54.1 Å². The van der Waals surface area contributed by atoms with Gasteiger partial charge in [-0.1, -0.05) is 6.92 Å². The average molecular weight is 325 g/mol. The second-order valence-corrected chi connectivity index (χ2v) is 8.32. The fraction of sp³-hybridized carbons (Fsp3) is 0.944. The summed E-state index contributed by atoms with van der Waals surface area (Å²) in [6.45, 7) is 10.5. The molecule has 0 radical (unpaired) electrons. The Labute approximate surface area is 139 Å². The van der Waals surface area contributed by atoms with Gasteiger partial charge >= 0.3 is 5.97 Å². The van der Waals surface area contributed by atoms with Crippen LogP contribution < -0.4 is 0 Å². The van der Waals surface area contributed by atoms with Crippen LogP contribution in [0.25, 0.3) is 0 Å². The van der Waals surface area contributed by atoms with Gasteiger partial charge in [0.15, 0.2) is 5.79 Å². The van der Waals surface area contributed by atoms with Crippen molar-refractivity contribution in [2.24, 2.45) is 5.92 Å². The van der Waals surface area contributed by atoms with Crippen LogP contribution in [0, 0.1) is 5.92 Å². The van der Waals surface area contributed by atoms with E-state index in [1.807, 2.05) is 20.8 Å². The van der Waals surface area contributed by atoms with Gasteiger partial charge in [-0.05, 0) is 52.5 Å². The topological polar surface area (TPSA) is 48.0 Å². The van der Waals surface area contributed by atoms with E-state index in [1.54, 1.807) is 0 Å². The first-order chi connectivity index (χ1) is 10.8. The molecule has 2 saturated heterocycles. The molecule has 1 spiro atoms. The smallest absolute Gasteiger partial charge is 0.323 e. The van der Waals surface area contributed by atoms with E-state index in [2.05, 4.69) is 11.8 Å². The maximum absolute atomic E-state index is 12.6. The van der Waals surface area contributed by atoms with Gasteiger partial charge in [-0.15, -0.1) is 0 Å². The number of ether oxygens (including phenoxy) is 3. The Morgan fingerprint density at radius 3 is 2.52 bits per heavy atom. The maximum Gasteiger partial charge on any atom is 0.323 e. The van der Waals surface area contributed by atoms with Crippen molar-refractivity contribution in [3.8, 4) is 0 Å². The summed E-state index contributed by atoms with van der Waals surface area (Å²) >= 11 is 0. The summed E-state index contributed by atoms with van der Waals surface area (Å²) < 4.78 is 17.4. The normalized spacial score (nSPS) is 34.9. The molecule has 5 nitrogen and oxygen atoms in total. The monoisotopic (exact) mass is 325 g/mol. The Kier molecular flexibility index (Phi) is 4.73. The van der Waals surface area contributed by atoms with E-state index in [1.165, 1.54) is 0 Å². The van der Waals surface area contributed by atoms with Crippen LogP contribution >= 0.6 is 0 Å². The van der Waals surface area contributed by atoms with E-state index in [-0.39, 0.29) is 17.8 Å². The largest absolute Gasteiger partial charge is 0.459 e. The molecular formula is C18H31NO4. The molecule has 2 heterocycles. The fourth-order valence-electron chi connectivity index (χ4n) is 4.44. The molecule has 1 aliphatic carbocycles. The van der Waals surface area contributed by atoms with Crippen molar-refractivity contribution >= 4 is 5.97 Å². The number of carbonyl (C=O) groups is 1. The summed E-state index contributed by atoms with van der Waals surface area (Å²) in [5, 5.41) is 0. The second kappa shape index (κ2) is 6.34. The van der Waals surface area contributed by atoms with E-state index in [0.29, 0.717) is 25.2 Å². The van der Waals surface area contributed by atoms with Crippen molar-refractivity contribution in [2.75, 3.05) is 19.8 Å². The lowest BCUT2D eigenvalue weighted by atomic mass is 9.80. The van der Waals surface area contributed by atoms with Crippen molar-refractivity contribution in [2.45, 2.75) is 83.3 Å². The highest BCUT2D eigenvalue weighted by molar-refractivity contribution is 5.76.